The zero-order valence-electron chi connectivity index (χ0n) is 11.6. The molecule has 0 aliphatic heterocycles. The molecule has 0 aliphatic rings. The van der Waals surface area contributed by atoms with Crippen molar-refractivity contribution in [2.75, 3.05) is 0 Å². The Labute approximate surface area is 115 Å². The summed E-state index contributed by atoms with van der Waals surface area (Å²) in [5, 5.41) is 4.07. The Kier molecular flexibility index (Phi) is 5.24. The molecule has 0 saturated carbocycles. The van der Waals surface area contributed by atoms with Gasteiger partial charge in [0.05, 0.1) is 5.02 Å². The minimum absolute atomic E-state index is 0.0571. The molecule has 18 heavy (non-hydrogen) atoms. The number of hydrogen-bond acceptors (Lipinski definition) is 2. The molecule has 1 N–H and O–H groups in total. The van der Waals surface area contributed by atoms with E-state index in [1.165, 1.54) is 0 Å². The molecular weight excluding hydrogens is 246 g/mol. The third kappa shape index (κ3) is 4.71. The van der Waals surface area contributed by atoms with Gasteiger partial charge in [-0.3, -0.25) is 0 Å². The smallest absolute Gasteiger partial charge is 0.143 e. The summed E-state index contributed by atoms with van der Waals surface area (Å²) >= 11 is 6.19. The van der Waals surface area contributed by atoms with Gasteiger partial charge in [0.25, 0.3) is 0 Å². The second-order valence-electron chi connectivity index (χ2n) is 5.39. The van der Waals surface area contributed by atoms with Crippen LogP contribution < -0.4 is 10.1 Å². The normalized spacial score (nSPS) is 13.2. The van der Waals surface area contributed by atoms with Gasteiger partial charge in [-0.2, -0.15) is 0 Å². The Morgan fingerprint density at radius 2 is 2.11 bits per heavy atom. The number of hydrogen-bond donors (Lipinski definition) is 1. The molecule has 1 rings (SSSR count). The summed E-state index contributed by atoms with van der Waals surface area (Å²) in [7, 11) is 0. The van der Waals surface area contributed by atoms with Gasteiger partial charge in [0.2, 0.25) is 0 Å². The van der Waals surface area contributed by atoms with Gasteiger partial charge in [-0.15, -0.1) is 0 Å². The number of rotatable bonds is 5. The first-order chi connectivity index (χ1) is 8.33. The van der Waals surface area contributed by atoms with E-state index in [1.807, 2.05) is 25.1 Å². The first kappa shape index (κ1) is 15.1. The lowest BCUT2D eigenvalue weighted by atomic mass is 10.1. The van der Waals surface area contributed by atoms with Crippen molar-refractivity contribution >= 4 is 11.6 Å². The molecule has 0 bridgehead atoms. The molecular formula is C15H22ClNO. The summed E-state index contributed by atoms with van der Waals surface area (Å²) < 4.78 is 5.80. The predicted molar refractivity (Wildman–Crippen MR) is 78.3 cm³/mol. The van der Waals surface area contributed by atoms with Crippen LogP contribution >= 0.6 is 11.6 Å². The number of benzene rings is 1. The summed E-state index contributed by atoms with van der Waals surface area (Å²) in [6.07, 6.45) is 1.70. The fraction of sp³-hybridized carbons (Fsp3) is 0.467. The lowest BCUT2D eigenvalue weighted by Gasteiger charge is -2.22. The van der Waals surface area contributed by atoms with Gasteiger partial charge < -0.3 is 10.1 Å². The second kappa shape index (κ2) is 6.26. The molecule has 0 aliphatic carbocycles. The molecule has 0 saturated heterocycles. The zero-order valence-corrected chi connectivity index (χ0v) is 12.3. The third-order valence-corrected chi connectivity index (χ3v) is 2.79. The van der Waals surface area contributed by atoms with Gasteiger partial charge in [-0.05, 0) is 33.8 Å². The quantitative estimate of drug-likeness (QED) is 0.808. The van der Waals surface area contributed by atoms with Crippen molar-refractivity contribution in [2.24, 2.45) is 0 Å². The van der Waals surface area contributed by atoms with E-state index in [4.69, 9.17) is 16.3 Å². The fourth-order valence-electron chi connectivity index (χ4n) is 1.42. The molecule has 0 radical (unpaired) electrons. The van der Waals surface area contributed by atoms with Crippen molar-refractivity contribution < 1.29 is 4.74 Å². The monoisotopic (exact) mass is 267 g/mol. The van der Waals surface area contributed by atoms with Crippen LogP contribution in [-0.2, 0) is 6.54 Å². The maximum absolute atomic E-state index is 6.19. The molecule has 1 atom stereocenters. The van der Waals surface area contributed by atoms with E-state index in [1.54, 1.807) is 6.08 Å². The largest absolute Gasteiger partial charge is 0.485 e. The van der Waals surface area contributed by atoms with E-state index >= 15 is 0 Å². The van der Waals surface area contributed by atoms with Crippen LogP contribution in [0, 0.1) is 0 Å². The number of para-hydroxylation sites is 1. The summed E-state index contributed by atoms with van der Waals surface area (Å²) in [5.74, 6) is 0.739. The van der Waals surface area contributed by atoms with Gasteiger partial charge in [0.1, 0.15) is 11.9 Å². The fourth-order valence-corrected chi connectivity index (χ4v) is 1.66. The minimum Gasteiger partial charge on any atom is -0.485 e. The van der Waals surface area contributed by atoms with Crippen molar-refractivity contribution in [3.63, 3.8) is 0 Å². The molecule has 0 amide bonds. The van der Waals surface area contributed by atoms with Crippen molar-refractivity contribution in [3.05, 3.63) is 41.4 Å². The number of halogens is 1. The molecule has 2 nitrogen and oxygen atoms in total. The van der Waals surface area contributed by atoms with Crippen LogP contribution in [-0.4, -0.2) is 11.6 Å². The average Bonchev–Trinajstić information content (AvgIpc) is 2.28. The van der Waals surface area contributed by atoms with Crippen LogP contribution in [0.5, 0.6) is 5.75 Å². The number of ether oxygens (including phenoxy) is 1. The Hall–Kier alpha value is -0.990. The van der Waals surface area contributed by atoms with Crippen molar-refractivity contribution in [1.82, 2.24) is 5.32 Å². The van der Waals surface area contributed by atoms with Gasteiger partial charge in [-0.25, -0.2) is 0 Å². The first-order valence-corrected chi connectivity index (χ1v) is 6.53. The Bertz CT molecular complexity index is 409. The highest BCUT2D eigenvalue weighted by Gasteiger charge is 2.14. The van der Waals surface area contributed by atoms with E-state index < -0.39 is 0 Å². The van der Waals surface area contributed by atoms with E-state index in [2.05, 4.69) is 32.7 Å². The summed E-state index contributed by atoms with van der Waals surface area (Å²) in [5.41, 5.74) is 1.12. The van der Waals surface area contributed by atoms with E-state index in [-0.39, 0.29) is 11.6 Å². The third-order valence-electron chi connectivity index (χ3n) is 2.49. The van der Waals surface area contributed by atoms with Gasteiger partial charge in [0, 0.05) is 17.6 Å². The van der Waals surface area contributed by atoms with E-state index in [0.29, 0.717) is 5.02 Å². The van der Waals surface area contributed by atoms with Crippen molar-refractivity contribution in [3.8, 4) is 5.75 Å². The molecule has 100 valence electrons. The van der Waals surface area contributed by atoms with Crippen LogP contribution in [0.25, 0.3) is 0 Å². The second-order valence-corrected chi connectivity index (χ2v) is 5.80. The van der Waals surface area contributed by atoms with E-state index in [0.717, 1.165) is 17.9 Å². The zero-order chi connectivity index (χ0) is 13.8. The highest BCUT2D eigenvalue weighted by Crippen LogP contribution is 2.30. The average molecular weight is 268 g/mol. The Morgan fingerprint density at radius 3 is 2.67 bits per heavy atom. The van der Waals surface area contributed by atoms with Crippen LogP contribution in [0.4, 0.5) is 0 Å². The van der Waals surface area contributed by atoms with Crippen LogP contribution in [0.1, 0.15) is 33.3 Å². The van der Waals surface area contributed by atoms with Crippen LogP contribution in [0.2, 0.25) is 5.02 Å². The number of nitrogens with one attached hydrogen (secondary N) is 1. The minimum atomic E-state index is -0.0571. The molecule has 1 unspecified atom stereocenters. The molecule has 0 aromatic heterocycles. The first-order valence-electron chi connectivity index (χ1n) is 6.15. The Balaban J connectivity index is 2.89. The van der Waals surface area contributed by atoms with Gasteiger partial charge in [0.15, 0.2) is 0 Å². The van der Waals surface area contributed by atoms with Crippen LogP contribution in [0.15, 0.2) is 30.9 Å². The maximum Gasteiger partial charge on any atom is 0.143 e. The predicted octanol–water partition coefficient (Wildman–Crippen LogP) is 4.18. The maximum atomic E-state index is 6.19. The topological polar surface area (TPSA) is 21.3 Å². The van der Waals surface area contributed by atoms with Crippen molar-refractivity contribution in [2.45, 2.75) is 45.9 Å². The summed E-state index contributed by atoms with van der Waals surface area (Å²) in [6, 6.07) is 5.80. The molecule has 1 aromatic carbocycles. The summed E-state index contributed by atoms with van der Waals surface area (Å²) in [6.45, 7) is 12.8. The van der Waals surface area contributed by atoms with E-state index in [9.17, 15) is 0 Å². The summed E-state index contributed by atoms with van der Waals surface area (Å²) in [4.78, 5) is 0. The highest BCUT2D eigenvalue weighted by atomic mass is 35.5. The lowest BCUT2D eigenvalue weighted by Crippen LogP contribution is -2.35. The molecule has 1 aromatic rings. The SMILES string of the molecule is C=CC(C)Oc1c(Cl)cccc1CNC(C)(C)C. The standard InChI is InChI=1S/C15H22ClNO/c1-6-11(2)18-14-12(8-7-9-13(14)16)10-17-15(3,4)5/h6-9,11,17H,1,10H2,2-5H3. The van der Waals surface area contributed by atoms with Gasteiger partial charge >= 0.3 is 0 Å². The van der Waals surface area contributed by atoms with Crippen LogP contribution in [0.3, 0.4) is 0 Å². The molecule has 0 fully saturated rings. The highest BCUT2D eigenvalue weighted by molar-refractivity contribution is 6.32. The molecule has 0 heterocycles. The lowest BCUT2D eigenvalue weighted by molar-refractivity contribution is 0.266. The molecule has 0 spiro atoms. The molecule has 3 heteroatoms. The van der Waals surface area contributed by atoms with Gasteiger partial charge in [-0.1, -0.05) is 36.4 Å². The Morgan fingerprint density at radius 1 is 1.44 bits per heavy atom. The van der Waals surface area contributed by atoms with Crippen molar-refractivity contribution in [1.29, 1.82) is 0 Å².